The standard InChI is InChI=1S/C21H18O/c22-21(19-10-2-1-3-11-19)13-7-4-8-17-14-15-18-9-5-6-12-20(18)16-17/h1-3,5-7,9-16H,4,8H2/b13-7+. The molecule has 0 saturated heterocycles. The third kappa shape index (κ3) is 3.50. The van der Waals surface area contributed by atoms with E-state index in [4.69, 9.17) is 0 Å². The van der Waals surface area contributed by atoms with Gasteiger partial charge in [0.15, 0.2) is 5.78 Å². The molecule has 0 radical (unpaired) electrons. The maximum absolute atomic E-state index is 11.9. The lowest BCUT2D eigenvalue weighted by molar-refractivity contribution is 0.104. The summed E-state index contributed by atoms with van der Waals surface area (Å²) in [5.41, 5.74) is 2.04. The molecule has 3 aromatic rings. The first kappa shape index (κ1) is 14.3. The number of fused-ring (bicyclic) bond motifs is 1. The lowest BCUT2D eigenvalue weighted by Gasteiger charge is -2.02. The van der Waals surface area contributed by atoms with Gasteiger partial charge in [0.2, 0.25) is 0 Å². The highest BCUT2D eigenvalue weighted by atomic mass is 16.1. The molecule has 0 aromatic heterocycles. The number of hydrogen-bond acceptors (Lipinski definition) is 1. The van der Waals surface area contributed by atoms with Crippen molar-refractivity contribution in [2.45, 2.75) is 12.8 Å². The zero-order valence-corrected chi connectivity index (χ0v) is 12.4. The van der Waals surface area contributed by atoms with Crippen molar-refractivity contribution in [3.63, 3.8) is 0 Å². The Hall–Kier alpha value is -2.67. The van der Waals surface area contributed by atoms with Crippen molar-refractivity contribution in [3.8, 4) is 0 Å². The van der Waals surface area contributed by atoms with Crippen molar-refractivity contribution < 1.29 is 4.79 Å². The summed E-state index contributed by atoms with van der Waals surface area (Å²) in [6, 6.07) is 24.3. The van der Waals surface area contributed by atoms with E-state index in [2.05, 4.69) is 42.5 Å². The number of aryl methyl sites for hydroxylation is 1. The van der Waals surface area contributed by atoms with Crippen LogP contribution in [0.3, 0.4) is 0 Å². The van der Waals surface area contributed by atoms with Crippen molar-refractivity contribution in [3.05, 3.63) is 96.1 Å². The van der Waals surface area contributed by atoms with Gasteiger partial charge in [-0.25, -0.2) is 0 Å². The van der Waals surface area contributed by atoms with E-state index in [1.54, 1.807) is 6.08 Å². The third-order valence-electron chi connectivity index (χ3n) is 3.74. The molecule has 22 heavy (non-hydrogen) atoms. The van der Waals surface area contributed by atoms with Crippen molar-refractivity contribution in [2.24, 2.45) is 0 Å². The zero-order valence-electron chi connectivity index (χ0n) is 12.4. The van der Waals surface area contributed by atoms with Gasteiger partial charge in [-0.2, -0.15) is 0 Å². The predicted octanol–water partition coefficient (Wildman–Crippen LogP) is 5.21. The highest BCUT2D eigenvalue weighted by molar-refractivity contribution is 6.04. The number of ketones is 1. The van der Waals surface area contributed by atoms with Gasteiger partial charge in [0.1, 0.15) is 0 Å². The van der Waals surface area contributed by atoms with Crippen LogP contribution in [0, 0.1) is 0 Å². The topological polar surface area (TPSA) is 17.1 Å². The Labute approximate surface area is 130 Å². The molecule has 0 unspecified atom stereocenters. The van der Waals surface area contributed by atoms with E-state index < -0.39 is 0 Å². The summed E-state index contributed by atoms with van der Waals surface area (Å²) in [5, 5.41) is 2.53. The monoisotopic (exact) mass is 286 g/mol. The van der Waals surface area contributed by atoms with Gasteiger partial charge in [-0.3, -0.25) is 4.79 Å². The fraction of sp³-hybridized carbons (Fsp3) is 0.0952. The predicted molar refractivity (Wildman–Crippen MR) is 92.2 cm³/mol. The summed E-state index contributed by atoms with van der Waals surface area (Å²) in [6.07, 6.45) is 5.46. The smallest absolute Gasteiger partial charge is 0.185 e. The van der Waals surface area contributed by atoms with Gasteiger partial charge in [0.25, 0.3) is 0 Å². The van der Waals surface area contributed by atoms with E-state index in [0.717, 1.165) is 18.4 Å². The molecule has 0 aliphatic rings. The molecule has 1 heteroatoms. The second-order valence-electron chi connectivity index (χ2n) is 5.35. The Balaban J connectivity index is 1.60. The summed E-state index contributed by atoms with van der Waals surface area (Å²) in [5.74, 6) is 0.0686. The first-order valence-corrected chi connectivity index (χ1v) is 7.56. The molecule has 0 aliphatic heterocycles. The van der Waals surface area contributed by atoms with Crippen LogP contribution >= 0.6 is 0 Å². The summed E-state index contributed by atoms with van der Waals surface area (Å²) >= 11 is 0. The van der Waals surface area contributed by atoms with Crippen molar-refractivity contribution in [2.75, 3.05) is 0 Å². The van der Waals surface area contributed by atoms with Gasteiger partial charge in [-0.05, 0) is 35.3 Å². The molecule has 108 valence electrons. The molecule has 3 rings (SSSR count). The van der Waals surface area contributed by atoms with Crippen molar-refractivity contribution in [1.29, 1.82) is 0 Å². The summed E-state index contributed by atoms with van der Waals surface area (Å²) in [4.78, 5) is 11.9. The quantitative estimate of drug-likeness (QED) is 0.464. The highest BCUT2D eigenvalue weighted by Gasteiger charge is 1.99. The SMILES string of the molecule is O=C(/C=C/CCc1ccc2ccccc2c1)c1ccccc1. The van der Waals surface area contributed by atoms with E-state index in [1.165, 1.54) is 16.3 Å². The Kier molecular flexibility index (Phi) is 4.45. The lowest BCUT2D eigenvalue weighted by atomic mass is 10.0. The zero-order chi connectivity index (χ0) is 15.2. The van der Waals surface area contributed by atoms with Crippen LogP contribution in [-0.4, -0.2) is 5.78 Å². The molecule has 0 amide bonds. The van der Waals surface area contributed by atoms with E-state index >= 15 is 0 Å². The van der Waals surface area contributed by atoms with Crippen LogP contribution < -0.4 is 0 Å². The Bertz CT molecular complexity index is 800. The molecular formula is C21H18O. The molecule has 0 saturated carbocycles. The van der Waals surface area contributed by atoms with Crippen LogP contribution in [0.2, 0.25) is 0 Å². The van der Waals surface area contributed by atoms with Crippen LogP contribution in [0.15, 0.2) is 84.9 Å². The maximum atomic E-state index is 11.9. The summed E-state index contributed by atoms with van der Waals surface area (Å²) in [6.45, 7) is 0. The maximum Gasteiger partial charge on any atom is 0.185 e. The van der Waals surface area contributed by atoms with E-state index in [0.29, 0.717) is 0 Å². The molecule has 0 N–H and O–H groups in total. The van der Waals surface area contributed by atoms with Crippen LogP contribution in [0.4, 0.5) is 0 Å². The van der Waals surface area contributed by atoms with Gasteiger partial charge in [0, 0.05) is 5.56 Å². The Morgan fingerprint density at radius 3 is 2.36 bits per heavy atom. The Morgan fingerprint density at radius 1 is 0.818 bits per heavy atom. The first-order valence-electron chi connectivity index (χ1n) is 7.56. The van der Waals surface area contributed by atoms with Crippen LogP contribution in [-0.2, 0) is 6.42 Å². The van der Waals surface area contributed by atoms with E-state index in [-0.39, 0.29) is 5.78 Å². The second kappa shape index (κ2) is 6.86. The van der Waals surface area contributed by atoms with Gasteiger partial charge < -0.3 is 0 Å². The highest BCUT2D eigenvalue weighted by Crippen LogP contribution is 2.16. The van der Waals surface area contributed by atoms with Gasteiger partial charge >= 0.3 is 0 Å². The van der Waals surface area contributed by atoms with Crippen LogP contribution in [0.25, 0.3) is 10.8 Å². The molecule has 0 atom stereocenters. The van der Waals surface area contributed by atoms with Gasteiger partial charge in [0.05, 0.1) is 0 Å². The van der Waals surface area contributed by atoms with Crippen LogP contribution in [0.5, 0.6) is 0 Å². The third-order valence-corrected chi connectivity index (χ3v) is 3.74. The summed E-state index contributed by atoms with van der Waals surface area (Å²) < 4.78 is 0. The molecule has 0 spiro atoms. The minimum Gasteiger partial charge on any atom is -0.289 e. The minimum absolute atomic E-state index is 0.0686. The molecule has 0 fully saturated rings. The normalized spacial score (nSPS) is 11.1. The first-order chi connectivity index (χ1) is 10.8. The number of allylic oxidation sites excluding steroid dienone is 2. The minimum atomic E-state index is 0.0686. The second-order valence-corrected chi connectivity index (χ2v) is 5.35. The van der Waals surface area contributed by atoms with Gasteiger partial charge in [-0.1, -0.05) is 78.9 Å². The number of benzene rings is 3. The fourth-order valence-electron chi connectivity index (χ4n) is 2.53. The van der Waals surface area contributed by atoms with Gasteiger partial charge in [-0.15, -0.1) is 0 Å². The molecular weight excluding hydrogens is 268 g/mol. The van der Waals surface area contributed by atoms with Crippen LogP contribution in [0.1, 0.15) is 22.3 Å². The number of carbonyl (C=O) groups excluding carboxylic acids is 1. The number of carbonyl (C=O) groups is 1. The molecule has 0 heterocycles. The molecule has 0 bridgehead atoms. The molecule has 1 nitrogen and oxygen atoms in total. The molecule has 3 aromatic carbocycles. The average molecular weight is 286 g/mol. The molecule has 0 aliphatic carbocycles. The number of hydrogen-bond donors (Lipinski definition) is 0. The summed E-state index contributed by atoms with van der Waals surface area (Å²) in [7, 11) is 0. The largest absolute Gasteiger partial charge is 0.289 e. The average Bonchev–Trinajstić information content (AvgIpc) is 2.59. The van der Waals surface area contributed by atoms with Crippen molar-refractivity contribution >= 4 is 16.6 Å². The Morgan fingerprint density at radius 2 is 1.55 bits per heavy atom. The number of rotatable bonds is 5. The van der Waals surface area contributed by atoms with E-state index in [1.807, 2.05) is 36.4 Å². The van der Waals surface area contributed by atoms with E-state index in [9.17, 15) is 4.79 Å². The lowest BCUT2D eigenvalue weighted by Crippen LogP contribution is -1.93. The fourth-order valence-corrected chi connectivity index (χ4v) is 2.53. The van der Waals surface area contributed by atoms with Crippen molar-refractivity contribution in [1.82, 2.24) is 0 Å².